The van der Waals surface area contributed by atoms with E-state index in [1.807, 2.05) is 13.2 Å². The highest BCUT2D eigenvalue weighted by atomic mass is 16.1. The molecule has 1 amide bonds. The molecule has 0 saturated carbocycles. The maximum absolute atomic E-state index is 10.8. The van der Waals surface area contributed by atoms with Gasteiger partial charge in [-0.2, -0.15) is 0 Å². The standard InChI is InChI=1S/C13H17N3O/c1-15-9-10-2-3-12-11(8-10)4-6-16(12)7-5-13(14)17/h2-4,6,8,15H,5,7,9H2,1H3,(H2,14,17). The van der Waals surface area contributed by atoms with Crippen LogP contribution in [0.2, 0.25) is 0 Å². The first-order valence-electron chi connectivity index (χ1n) is 5.71. The molecular weight excluding hydrogens is 214 g/mol. The number of carbonyl (C=O) groups excluding carboxylic acids is 1. The molecule has 0 radical (unpaired) electrons. The lowest BCUT2D eigenvalue weighted by Gasteiger charge is -2.05. The molecule has 4 heteroatoms. The lowest BCUT2D eigenvalue weighted by Crippen LogP contribution is -2.13. The Kier molecular flexibility index (Phi) is 3.44. The number of hydrogen-bond acceptors (Lipinski definition) is 2. The van der Waals surface area contributed by atoms with Gasteiger partial charge in [0, 0.05) is 31.2 Å². The molecule has 3 N–H and O–H groups in total. The zero-order valence-electron chi connectivity index (χ0n) is 9.94. The molecule has 2 rings (SSSR count). The molecule has 0 atom stereocenters. The van der Waals surface area contributed by atoms with E-state index in [0.717, 1.165) is 12.1 Å². The number of primary amides is 1. The Hall–Kier alpha value is -1.81. The van der Waals surface area contributed by atoms with Crippen LogP contribution in [0.1, 0.15) is 12.0 Å². The van der Waals surface area contributed by atoms with Crippen molar-refractivity contribution in [2.75, 3.05) is 7.05 Å². The summed E-state index contributed by atoms with van der Waals surface area (Å²) in [7, 11) is 1.93. The molecule has 1 aromatic heterocycles. The molecule has 0 saturated heterocycles. The molecule has 0 aliphatic carbocycles. The summed E-state index contributed by atoms with van der Waals surface area (Å²) in [5.41, 5.74) is 7.56. The van der Waals surface area contributed by atoms with Crippen molar-refractivity contribution in [3.05, 3.63) is 36.0 Å². The van der Waals surface area contributed by atoms with Gasteiger partial charge in [-0.15, -0.1) is 0 Å². The Morgan fingerprint density at radius 1 is 1.41 bits per heavy atom. The molecule has 0 aliphatic rings. The number of nitrogens with two attached hydrogens (primary N) is 1. The predicted molar refractivity (Wildman–Crippen MR) is 68.5 cm³/mol. The smallest absolute Gasteiger partial charge is 0.219 e. The third-order valence-electron chi connectivity index (χ3n) is 2.82. The third-order valence-corrected chi connectivity index (χ3v) is 2.82. The molecule has 1 aromatic carbocycles. The quantitative estimate of drug-likeness (QED) is 0.813. The van der Waals surface area contributed by atoms with Gasteiger partial charge in [0.15, 0.2) is 0 Å². The van der Waals surface area contributed by atoms with Gasteiger partial charge >= 0.3 is 0 Å². The van der Waals surface area contributed by atoms with Gasteiger partial charge in [0.05, 0.1) is 0 Å². The molecule has 1 heterocycles. The second-order valence-corrected chi connectivity index (χ2v) is 4.15. The average Bonchev–Trinajstić information content (AvgIpc) is 2.69. The number of fused-ring (bicyclic) bond motifs is 1. The second kappa shape index (κ2) is 5.01. The minimum Gasteiger partial charge on any atom is -0.370 e. The summed E-state index contributed by atoms with van der Waals surface area (Å²) in [6.45, 7) is 1.51. The van der Waals surface area contributed by atoms with Crippen LogP contribution in [0.3, 0.4) is 0 Å². The zero-order valence-corrected chi connectivity index (χ0v) is 9.94. The summed E-state index contributed by atoms with van der Waals surface area (Å²) in [5.74, 6) is -0.265. The van der Waals surface area contributed by atoms with Crippen molar-refractivity contribution in [1.82, 2.24) is 9.88 Å². The van der Waals surface area contributed by atoms with Crippen LogP contribution in [0.5, 0.6) is 0 Å². The molecule has 17 heavy (non-hydrogen) atoms. The van der Waals surface area contributed by atoms with E-state index in [4.69, 9.17) is 5.73 Å². The number of rotatable bonds is 5. The van der Waals surface area contributed by atoms with Crippen LogP contribution in [0.25, 0.3) is 10.9 Å². The highest BCUT2D eigenvalue weighted by Gasteiger charge is 2.03. The summed E-state index contributed by atoms with van der Waals surface area (Å²) in [6, 6.07) is 8.41. The SMILES string of the molecule is CNCc1ccc2c(ccn2CCC(N)=O)c1. The van der Waals surface area contributed by atoms with Gasteiger partial charge < -0.3 is 15.6 Å². The Bertz CT molecular complexity index is 530. The predicted octanol–water partition coefficient (Wildman–Crippen LogP) is 1.24. The van der Waals surface area contributed by atoms with Gasteiger partial charge in [-0.05, 0) is 36.2 Å². The van der Waals surface area contributed by atoms with Crippen LogP contribution in [0.4, 0.5) is 0 Å². The van der Waals surface area contributed by atoms with Crippen LogP contribution < -0.4 is 11.1 Å². The molecule has 4 nitrogen and oxygen atoms in total. The first-order valence-corrected chi connectivity index (χ1v) is 5.71. The number of aromatic nitrogens is 1. The van der Waals surface area contributed by atoms with Crippen molar-refractivity contribution < 1.29 is 4.79 Å². The first kappa shape index (κ1) is 11.7. The molecular formula is C13H17N3O. The van der Waals surface area contributed by atoms with Crippen molar-refractivity contribution in [3.63, 3.8) is 0 Å². The van der Waals surface area contributed by atoms with E-state index < -0.39 is 0 Å². The summed E-state index contributed by atoms with van der Waals surface area (Å²) in [5, 5.41) is 4.32. The van der Waals surface area contributed by atoms with Crippen molar-refractivity contribution >= 4 is 16.8 Å². The van der Waals surface area contributed by atoms with E-state index in [1.54, 1.807) is 0 Å². The number of aryl methyl sites for hydroxylation is 1. The van der Waals surface area contributed by atoms with E-state index in [-0.39, 0.29) is 5.91 Å². The summed E-state index contributed by atoms with van der Waals surface area (Å²) < 4.78 is 2.06. The number of nitrogens with one attached hydrogen (secondary N) is 1. The molecule has 0 spiro atoms. The van der Waals surface area contributed by atoms with E-state index in [1.165, 1.54) is 10.9 Å². The summed E-state index contributed by atoms with van der Waals surface area (Å²) >= 11 is 0. The van der Waals surface area contributed by atoms with Crippen LogP contribution in [-0.4, -0.2) is 17.5 Å². The monoisotopic (exact) mass is 231 g/mol. The number of hydrogen-bond donors (Lipinski definition) is 2. The van der Waals surface area contributed by atoms with Crippen molar-refractivity contribution in [1.29, 1.82) is 0 Å². The minimum atomic E-state index is -0.265. The van der Waals surface area contributed by atoms with Crippen LogP contribution in [0, 0.1) is 0 Å². The van der Waals surface area contributed by atoms with Gasteiger partial charge in [-0.1, -0.05) is 6.07 Å². The van der Waals surface area contributed by atoms with E-state index >= 15 is 0 Å². The summed E-state index contributed by atoms with van der Waals surface area (Å²) in [4.78, 5) is 10.8. The van der Waals surface area contributed by atoms with Gasteiger partial charge in [-0.3, -0.25) is 4.79 Å². The lowest BCUT2D eigenvalue weighted by molar-refractivity contribution is -0.118. The van der Waals surface area contributed by atoms with Gasteiger partial charge in [0.1, 0.15) is 0 Å². The Balaban J connectivity index is 2.25. The van der Waals surface area contributed by atoms with Gasteiger partial charge in [-0.25, -0.2) is 0 Å². The number of carbonyl (C=O) groups is 1. The van der Waals surface area contributed by atoms with E-state index in [2.05, 4.69) is 34.1 Å². The molecule has 2 aromatic rings. The largest absolute Gasteiger partial charge is 0.370 e. The minimum absolute atomic E-state index is 0.265. The van der Waals surface area contributed by atoms with E-state index in [0.29, 0.717) is 13.0 Å². The fourth-order valence-electron chi connectivity index (χ4n) is 1.99. The normalized spacial score (nSPS) is 10.9. The Labute approximate surface area is 100 Å². The van der Waals surface area contributed by atoms with Crippen LogP contribution >= 0.6 is 0 Å². The fraction of sp³-hybridized carbons (Fsp3) is 0.308. The van der Waals surface area contributed by atoms with Crippen molar-refractivity contribution in [2.24, 2.45) is 5.73 Å². The van der Waals surface area contributed by atoms with Crippen LogP contribution in [0.15, 0.2) is 30.5 Å². The Morgan fingerprint density at radius 2 is 2.24 bits per heavy atom. The Morgan fingerprint density at radius 3 is 2.94 bits per heavy atom. The van der Waals surface area contributed by atoms with Crippen LogP contribution in [-0.2, 0) is 17.9 Å². The van der Waals surface area contributed by atoms with Gasteiger partial charge in [0.25, 0.3) is 0 Å². The first-order chi connectivity index (χ1) is 8.20. The third kappa shape index (κ3) is 2.65. The maximum atomic E-state index is 10.8. The van der Waals surface area contributed by atoms with Crippen molar-refractivity contribution in [3.8, 4) is 0 Å². The topological polar surface area (TPSA) is 60.1 Å². The molecule has 90 valence electrons. The molecule has 0 fully saturated rings. The maximum Gasteiger partial charge on any atom is 0.219 e. The average molecular weight is 231 g/mol. The van der Waals surface area contributed by atoms with Gasteiger partial charge in [0.2, 0.25) is 5.91 Å². The fourth-order valence-corrected chi connectivity index (χ4v) is 1.99. The zero-order chi connectivity index (χ0) is 12.3. The highest BCUT2D eigenvalue weighted by Crippen LogP contribution is 2.18. The van der Waals surface area contributed by atoms with Crippen molar-refractivity contribution in [2.45, 2.75) is 19.5 Å². The number of nitrogens with zero attached hydrogens (tertiary/aromatic N) is 1. The molecule has 0 unspecified atom stereocenters. The second-order valence-electron chi connectivity index (χ2n) is 4.15. The number of benzene rings is 1. The van der Waals surface area contributed by atoms with E-state index in [9.17, 15) is 4.79 Å². The highest BCUT2D eigenvalue weighted by molar-refractivity contribution is 5.81. The molecule has 0 bridgehead atoms. The summed E-state index contributed by atoms with van der Waals surface area (Å²) in [6.07, 6.45) is 2.37. The number of amides is 1. The lowest BCUT2D eigenvalue weighted by atomic mass is 10.1. The molecule has 0 aliphatic heterocycles.